The lowest BCUT2D eigenvalue weighted by Gasteiger charge is -2.26. The first kappa shape index (κ1) is 45.7. The lowest BCUT2D eigenvalue weighted by atomic mass is 10.0. The molecule has 314 valence electrons. The Morgan fingerprint density at radius 3 is 1.98 bits per heavy atom. The average molecular weight is 875 g/mol. The molecule has 7 amide bonds. The summed E-state index contributed by atoms with van der Waals surface area (Å²) >= 11 is 3.45. The van der Waals surface area contributed by atoms with Gasteiger partial charge in [0, 0.05) is 48.1 Å². The van der Waals surface area contributed by atoms with Crippen molar-refractivity contribution in [2.75, 3.05) is 11.4 Å². The van der Waals surface area contributed by atoms with E-state index in [0.717, 1.165) is 21.3 Å². The van der Waals surface area contributed by atoms with Crippen LogP contribution in [-0.4, -0.2) is 72.2 Å². The van der Waals surface area contributed by atoms with Crippen LogP contribution in [0.3, 0.4) is 0 Å². The number of carbonyl (C=O) groups is 7. The number of alkyl carbamates (subject to hydrolysis) is 1. The van der Waals surface area contributed by atoms with E-state index >= 15 is 0 Å². The number of nitrogens with two attached hydrogens (primary N) is 2. The summed E-state index contributed by atoms with van der Waals surface area (Å²) in [6, 6.07) is 19.0. The van der Waals surface area contributed by atoms with E-state index in [2.05, 4.69) is 37.2 Å². The number of fused-ring (bicyclic) bond motifs is 1. The highest BCUT2D eigenvalue weighted by Gasteiger charge is 2.32. The van der Waals surface area contributed by atoms with Gasteiger partial charge in [-0.15, -0.1) is 0 Å². The van der Waals surface area contributed by atoms with E-state index in [1.54, 1.807) is 47.4 Å². The lowest BCUT2D eigenvalue weighted by Crippen LogP contribution is -2.58. The Hall–Kier alpha value is -6.03. The summed E-state index contributed by atoms with van der Waals surface area (Å²) in [5.74, 6) is -3.86. The predicted octanol–water partition coefficient (Wildman–Crippen LogP) is 3.46. The Labute approximate surface area is 352 Å². The molecular weight excluding hydrogens is 822 g/mol. The molecule has 8 N–H and O–H groups in total. The molecule has 4 atom stereocenters. The van der Waals surface area contributed by atoms with Crippen LogP contribution < -0.4 is 37.6 Å². The van der Waals surface area contributed by atoms with Gasteiger partial charge >= 0.3 is 6.09 Å². The molecule has 0 fully saturated rings. The summed E-state index contributed by atoms with van der Waals surface area (Å²) in [6.45, 7) is 4.19. The Bertz CT molecular complexity index is 1980. The number of carbonyl (C=O) groups excluding carboxylic acids is 7. The molecule has 16 heteroatoms. The summed E-state index contributed by atoms with van der Waals surface area (Å²) in [6.07, 6.45) is 2.29. The van der Waals surface area contributed by atoms with Crippen molar-refractivity contribution in [3.05, 3.63) is 112 Å². The number of hydrogen-bond acceptors (Lipinski definition) is 8. The number of rotatable bonds is 21. The molecule has 3 aromatic carbocycles. The maximum Gasteiger partial charge on any atom is 0.408 e. The SMILES string of the molecule is CC(C)C[C@H](NC(=O)OCc1ccccc1)C(=O)N[C@@H](Cc1ccccc1)C(=O)N[C@@H](CCC(N)=O)C(=O)N[C@H](/C=C/C(=O)N1CCc2cc(Br)ccc21)CCC(N)=O. The summed E-state index contributed by atoms with van der Waals surface area (Å²) in [5, 5.41) is 10.8. The third kappa shape index (κ3) is 15.3. The zero-order chi connectivity index (χ0) is 42.9. The first-order valence-electron chi connectivity index (χ1n) is 19.5. The quantitative estimate of drug-likeness (QED) is 0.0866. The van der Waals surface area contributed by atoms with Gasteiger partial charge in [-0.3, -0.25) is 28.8 Å². The van der Waals surface area contributed by atoms with Crippen LogP contribution in [0.25, 0.3) is 0 Å². The molecule has 1 heterocycles. The minimum Gasteiger partial charge on any atom is -0.445 e. The average Bonchev–Trinajstić information content (AvgIpc) is 3.62. The smallest absolute Gasteiger partial charge is 0.408 e. The summed E-state index contributed by atoms with van der Waals surface area (Å²) < 4.78 is 6.25. The van der Waals surface area contributed by atoms with E-state index in [4.69, 9.17) is 16.2 Å². The van der Waals surface area contributed by atoms with Crippen LogP contribution in [0.2, 0.25) is 0 Å². The topological polar surface area (TPSA) is 232 Å². The van der Waals surface area contributed by atoms with E-state index in [1.807, 2.05) is 50.2 Å². The number of benzene rings is 3. The Balaban J connectivity index is 1.51. The molecule has 0 aliphatic carbocycles. The number of amides is 7. The number of anilines is 1. The highest BCUT2D eigenvalue weighted by atomic mass is 79.9. The van der Waals surface area contributed by atoms with Crippen molar-refractivity contribution in [2.24, 2.45) is 17.4 Å². The summed E-state index contributed by atoms with van der Waals surface area (Å²) in [7, 11) is 0. The van der Waals surface area contributed by atoms with E-state index in [9.17, 15) is 33.6 Å². The van der Waals surface area contributed by atoms with Crippen LogP contribution >= 0.6 is 15.9 Å². The number of nitrogens with one attached hydrogen (secondary N) is 4. The fourth-order valence-electron chi connectivity index (χ4n) is 6.45. The molecule has 0 saturated heterocycles. The van der Waals surface area contributed by atoms with Crippen molar-refractivity contribution in [1.82, 2.24) is 21.3 Å². The molecule has 1 aliphatic rings. The Morgan fingerprint density at radius 1 is 0.746 bits per heavy atom. The number of hydrogen-bond donors (Lipinski definition) is 6. The van der Waals surface area contributed by atoms with Crippen LogP contribution in [-0.2, 0) is 53.0 Å². The summed E-state index contributed by atoms with van der Waals surface area (Å²) in [4.78, 5) is 93.2. The van der Waals surface area contributed by atoms with Crippen LogP contribution in [0.5, 0.6) is 0 Å². The molecule has 0 radical (unpaired) electrons. The maximum atomic E-state index is 14.1. The highest BCUT2D eigenvalue weighted by molar-refractivity contribution is 9.10. The number of nitrogens with zero attached hydrogens (tertiary/aromatic N) is 1. The molecule has 0 aromatic heterocycles. The van der Waals surface area contributed by atoms with Gasteiger partial charge in [-0.2, -0.15) is 0 Å². The first-order valence-corrected chi connectivity index (χ1v) is 20.2. The van der Waals surface area contributed by atoms with Gasteiger partial charge in [0.05, 0.1) is 0 Å². The minimum atomic E-state index is -1.33. The highest BCUT2D eigenvalue weighted by Crippen LogP contribution is 2.30. The third-order valence-electron chi connectivity index (χ3n) is 9.46. The number of halogens is 1. The number of ether oxygens (including phenoxy) is 1. The van der Waals surface area contributed by atoms with Crippen molar-refractivity contribution < 1.29 is 38.3 Å². The van der Waals surface area contributed by atoms with Crippen molar-refractivity contribution in [1.29, 1.82) is 0 Å². The molecule has 0 spiro atoms. The monoisotopic (exact) mass is 873 g/mol. The van der Waals surface area contributed by atoms with Gasteiger partial charge in [-0.1, -0.05) is 96.5 Å². The van der Waals surface area contributed by atoms with E-state index in [1.165, 1.54) is 12.2 Å². The normalized spacial score (nSPS) is 14.1. The van der Waals surface area contributed by atoms with Gasteiger partial charge in [0.1, 0.15) is 24.7 Å². The molecule has 0 saturated carbocycles. The second kappa shape index (κ2) is 22.8. The van der Waals surface area contributed by atoms with Crippen LogP contribution in [0.15, 0.2) is 95.5 Å². The molecule has 15 nitrogen and oxygen atoms in total. The molecule has 4 rings (SSSR count). The largest absolute Gasteiger partial charge is 0.445 e. The van der Waals surface area contributed by atoms with Crippen LogP contribution in [0.4, 0.5) is 10.5 Å². The third-order valence-corrected chi connectivity index (χ3v) is 9.95. The fraction of sp³-hybridized carbons (Fsp3) is 0.372. The van der Waals surface area contributed by atoms with E-state index < -0.39 is 59.8 Å². The number of primary amides is 2. The second-order valence-electron chi connectivity index (χ2n) is 14.7. The molecule has 1 aliphatic heterocycles. The van der Waals surface area contributed by atoms with Crippen molar-refractivity contribution in [3.8, 4) is 0 Å². The first-order chi connectivity index (χ1) is 28.2. The second-order valence-corrected chi connectivity index (χ2v) is 15.6. The zero-order valence-corrected chi connectivity index (χ0v) is 34.7. The van der Waals surface area contributed by atoms with Gasteiger partial charge in [-0.05, 0) is 66.5 Å². The van der Waals surface area contributed by atoms with E-state index in [-0.39, 0.29) is 57.0 Å². The molecule has 3 aromatic rings. The zero-order valence-electron chi connectivity index (χ0n) is 33.2. The van der Waals surface area contributed by atoms with Crippen LogP contribution in [0.1, 0.15) is 62.6 Å². The maximum absolute atomic E-state index is 14.1. The molecule has 0 bridgehead atoms. The van der Waals surface area contributed by atoms with E-state index in [0.29, 0.717) is 18.5 Å². The molecule has 59 heavy (non-hydrogen) atoms. The van der Waals surface area contributed by atoms with Crippen molar-refractivity contribution >= 4 is 63.2 Å². The minimum absolute atomic E-state index is 0.0120. The molecule has 0 unspecified atom stereocenters. The van der Waals surface area contributed by atoms with Crippen molar-refractivity contribution in [2.45, 2.75) is 89.6 Å². The predicted molar refractivity (Wildman–Crippen MR) is 225 cm³/mol. The standard InChI is InChI=1S/C43H52BrN7O8/c1-27(2)23-34(50-43(58)59-26-29-11-7-4-8-12-29)41(56)49-35(24-28-9-5-3-6-10-28)42(57)48-33(16-19-38(46)53)40(55)47-32(14-18-37(45)52)15-20-39(54)51-22-21-30-25-31(44)13-17-36(30)51/h3-13,15,17,20,25,27,32-35H,14,16,18-19,21-24,26H2,1-2H3,(H2,45,52)(H2,46,53)(H,47,55)(H,48,57)(H,49,56)(H,50,58)/b20-15+/t32-,33-,34-,35-/m0/s1. The van der Waals surface area contributed by atoms with Crippen LogP contribution in [0, 0.1) is 5.92 Å². The summed E-state index contributed by atoms with van der Waals surface area (Å²) in [5.41, 5.74) is 14.1. The van der Waals surface area contributed by atoms with Gasteiger partial charge in [0.2, 0.25) is 29.5 Å². The lowest BCUT2D eigenvalue weighted by molar-refractivity contribution is -0.133. The van der Waals surface area contributed by atoms with Gasteiger partial charge < -0.3 is 42.4 Å². The van der Waals surface area contributed by atoms with Gasteiger partial charge in [-0.25, -0.2) is 4.79 Å². The fourth-order valence-corrected chi connectivity index (χ4v) is 6.86. The van der Waals surface area contributed by atoms with Gasteiger partial charge in [0.25, 0.3) is 5.91 Å². The Morgan fingerprint density at radius 2 is 1.34 bits per heavy atom. The van der Waals surface area contributed by atoms with Crippen molar-refractivity contribution in [3.63, 3.8) is 0 Å². The van der Waals surface area contributed by atoms with Gasteiger partial charge in [0.15, 0.2) is 0 Å². The Kier molecular flexibility index (Phi) is 17.6. The molecular formula is C43H52BrN7O8.